The number of aliphatic carboxylic acids is 1. The third-order valence-electron chi connectivity index (χ3n) is 3.27. The van der Waals surface area contributed by atoms with Crippen molar-refractivity contribution >= 4 is 11.7 Å². The summed E-state index contributed by atoms with van der Waals surface area (Å²) < 4.78 is 5.24. The predicted octanol–water partition coefficient (Wildman–Crippen LogP) is 1.09. The van der Waals surface area contributed by atoms with Crippen molar-refractivity contribution in [3.8, 4) is 6.07 Å². The number of carbonyl (C=O) groups is 1. The second kappa shape index (κ2) is 5.07. The number of nitrogens with zero attached hydrogens (tertiary/aromatic N) is 2. The second-order valence-electron chi connectivity index (χ2n) is 4.29. The van der Waals surface area contributed by atoms with Gasteiger partial charge in [0.1, 0.15) is 12.0 Å². The topological polar surface area (TPSA) is 73.6 Å². The van der Waals surface area contributed by atoms with Crippen molar-refractivity contribution in [3.63, 3.8) is 0 Å². The molecule has 0 radical (unpaired) electrons. The van der Waals surface area contributed by atoms with E-state index < -0.39 is 11.9 Å². The number of ether oxygens (including phenoxy) is 1. The van der Waals surface area contributed by atoms with Gasteiger partial charge < -0.3 is 14.7 Å². The number of likely N-dealkylation sites (N-methyl/N-ethyl adjacent to an activating group) is 1. The molecule has 0 spiro atoms. The number of benzene rings is 1. The zero-order valence-corrected chi connectivity index (χ0v) is 10.0. The summed E-state index contributed by atoms with van der Waals surface area (Å²) in [6.45, 7) is 0.590. The van der Waals surface area contributed by atoms with Crippen LogP contribution in [-0.2, 0) is 9.53 Å². The van der Waals surface area contributed by atoms with E-state index in [1.807, 2.05) is 17.0 Å². The molecule has 1 fully saturated rings. The SMILES string of the molecule is CN(c1ccccc1C#N)C1COCC1C(=O)O. The molecule has 0 saturated carbocycles. The summed E-state index contributed by atoms with van der Waals surface area (Å²) >= 11 is 0. The lowest BCUT2D eigenvalue weighted by atomic mass is 10.0. The summed E-state index contributed by atoms with van der Waals surface area (Å²) in [6.07, 6.45) is 0. The van der Waals surface area contributed by atoms with Gasteiger partial charge in [-0.25, -0.2) is 0 Å². The zero-order valence-electron chi connectivity index (χ0n) is 10.0. The van der Waals surface area contributed by atoms with Gasteiger partial charge >= 0.3 is 5.97 Å². The molecule has 1 saturated heterocycles. The van der Waals surface area contributed by atoms with E-state index in [0.29, 0.717) is 12.2 Å². The van der Waals surface area contributed by atoms with Crippen molar-refractivity contribution in [1.82, 2.24) is 0 Å². The second-order valence-corrected chi connectivity index (χ2v) is 4.29. The molecule has 0 aromatic heterocycles. The van der Waals surface area contributed by atoms with Gasteiger partial charge in [0, 0.05) is 7.05 Å². The van der Waals surface area contributed by atoms with Gasteiger partial charge in [0.05, 0.1) is 30.5 Å². The molecule has 2 atom stereocenters. The smallest absolute Gasteiger partial charge is 0.311 e. The highest BCUT2D eigenvalue weighted by molar-refractivity contribution is 5.73. The Bertz CT molecular complexity index is 495. The van der Waals surface area contributed by atoms with Gasteiger partial charge in [-0.05, 0) is 12.1 Å². The van der Waals surface area contributed by atoms with Gasteiger partial charge in [0.25, 0.3) is 0 Å². The van der Waals surface area contributed by atoms with E-state index in [1.165, 1.54) is 0 Å². The van der Waals surface area contributed by atoms with Crippen LogP contribution in [0.5, 0.6) is 0 Å². The van der Waals surface area contributed by atoms with Crippen LogP contribution in [0.1, 0.15) is 5.56 Å². The normalized spacial score (nSPS) is 22.4. The molecule has 0 aliphatic carbocycles. The fourth-order valence-electron chi connectivity index (χ4n) is 2.21. The highest BCUT2D eigenvalue weighted by atomic mass is 16.5. The molecular weight excluding hydrogens is 232 g/mol. The highest BCUT2D eigenvalue weighted by Crippen LogP contribution is 2.26. The molecule has 2 rings (SSSR count). The van der Waals surface area contributed by atoms with Crippen LogP contribution in [0.15, 0.2) is 24.3 Å². The number of para-hydroxylation sites is 1. The van der Waals surface area contributed by atoms with Crippen molar-refractivity contribution in [2.24, 2.45) is 5.92 Å². The Morgan fingerprint density at radius 2 is 2.22 bits per heavy atom. The number of rotatable bonds is 3. The van der Waals surface area contributed by atoms with Crippen LogP contribution in [0, 0.1) is 17.2 Å². The first-order valence-corrected chi connectivity index (χ1v) is 5.67. The first kappa shape index (κ1) is 12.4. The number of hydrogen-bond donors (Lipinski definition) is 1. The lowest BCUT2D eigenvalue weighted by Crippen LogP contribution is -2.41. The molecular formula is C13H14N2O3. The van der Waals surface area contributed by atoms with Gasteiger partial charge in [-0.3, -0.25) is 4.79 Å². The van der Waals surface area contributed by atoms with E-state index in [-0.39, 0.29) is 12.6 Å². The van der Waals surface area contributed by atoms with Crippen LogP contribution >= 0.6 is 0 Å². The van der Waals surface area contributed by atoms with Crippen molar-refractivity contribution < 1.29 is 14.6 Å². The Kier molecular flexibility index (Phi) is 3.49. The summed E-state index contributed by atoms with van der Waals surface area (Å²) in [4.78, 5) is 13.0. The standard InChI is InChI=1S/C13H14N2O3/c1-15(11-5-3-2-4-9(11)6-14)12-8-18-7-10(12)13(16)17/h2-5,10,12H,7-8H2,1H3,(H,16,17). The van der Waals surface area contributed by atoms with E-state index in [0.717, 1.165) is 5.69 Å². The molecule has 0 bridgehead atoms. The van der Waals surface area contributed by atoms with Crippen molar-refractivity contribution in [1.29, 1.82) is 5.26 Å². The number of anilines is 1. The van der Waals surface area contributed by atoms with E-state index in [9.17, 15) is 4.79 Å². The van der Waals surface area contributed by atoms with Gasteiger partial charge in [0.15, 0.2) is 0 Å². The van der Waals surface area contributed by atoms with Crippen LogP contribution in [0.25, 0.3) is 0 Å². The lowest BCUT2D eigenvalue weighted by Gasteiger charge is -2.28. The minimum atomic E-state index is -0.862. The van der Waals surface area contributed by atoms with Gasteiger partial charge in [-0.1, -0.05) is 12.1 Å². The first-order chi connectivity index (χ1) is 8.65. The van der Waals surface area contributed by atoms with Crippen LogP contribution in [0.2, 0.25) is 0 Å². The van der Waals surface area contributed by atoms with E-state index in [2.05, 4.69) is 6.07 Å². The molecule has 1 N–H and O–H groups in total. The van der Waals surface area contributed by atoms with E-state index in [1.54, 1.807) is 19.2 Å². The molecule has 1 heterocycles. The molecule has 94 valence electrons. The van der Waals surface area contributed by atoms with Gasteiger partial charge in [-0.15, -0.1) is 0 Å². The fraction of sp³-hybridized carbons (Fsp3) is 0.385. The lowest BCUT2D eigenvalue weighted by molar-refractivity contribution is -0.141. The number of carboxylic acids is 1. The maximum Gasteiger partial charge on any atom is 0.311 e. The molecule has 1 aromatic carbocycles. The summed E-state index contributed by atoms with van der Waals surface area (Å²) in [5.74, 6) is -1.42. The third kappa shape index (κ3) is 2.15. The van der Waals surface area contributed by atoms with Crippen LogP contribution in [-0.4, -0.2) is 37.4 Å². The first-order valence-electron chi connectivity index (χ1n) is 5.67. The van der Waals surface area contributed by atoms with Gasteiger partial charge in [-0.2, -0.15) is 5.26 Å². The largest absolute Gasteiger partial charge is 0.481 e. The fourth-order valence-corrected chi connectivity index (χ4v) is 2.21. The van der Waals surface area contributed by atoms with Crippen LogP contribution in [0.4, 0.5) is 5.69 Å². The molecule has 1 aliphatic rings. The summed E-state index contributed by atoms with van der Waals surface area (Å²) in [5.41, 5.74) is 1.28. The van der Waals surface area contributed by atoms with Crippen LogP contribution < -0.4 is 4.90 Å². The Morgan fingerprint density at radius 3 is 2.89 bits per heavy atom. The monoisotopic (exact) mass is 246 g/mol. The summed E-state index contributed by atoms with van der Waals surface area (Å²) in [6, 6.07) is 9.03. The Morgan fingerprint density at radius 1 is 1.50 bits per heavy atom. The number of carboxylic acid groups (broad SMARTS) is 1. The zero-order chi connectivity index (χ0) is 13.1. The van der Waals surface area contributed by atoms with E-state index >= 15 is 0 Å². The molecule has 1 aliphatic heterocycles. The molecule has 5 heteroatoms. The maximum atomic E-state index is 11.1. The molecule has 2 unspecified atom stereocenters. The molecule has 5 nitrogen and oxygen atoms in total. The predicted molar refractivity (Wildman–Crippen MR) is 65.3 cm³/mol. The average Bonchev–Trinajstić information content (AvgIpc) is 2.87. The van der Waals surface area contributed by atoms with Crippen molar-refractivity contribution in [2.45, 2.75) is 6.04 Å². The Hall–Kier alpha value is -2.06. The maximum absolute atomic E-state index is 11.1. The molecule has 18 heavy (non-hydrogen) atoms. The number of nitriles is 1. The average molecular weight is 246 g/mol. The summed E-state index contributed by atoms with van der Waals surface area (Å²) in [5, 5.41) is 18.2. The minimum Gasteiger partial charge on any atom is -0.481 e. The summed E-state index contributed by atoms with van der Waals surface area (Å²) in [7, 11) is 1.80. The molecule has 1 aromatic rings. The Balaban J connectivity index is 2.28. The Labute approximate surface area is 105 Å². The van der Waals surface area contributed by atoms with Gasteiger partial charge in [0.2, 0.25) is 0 Å². The highest BCUT2D eigenvalue weighted by Gasteiger charge is 2.37. The van der Waals surface area contributed by atoms with Crippen molar-refractivity contribution in [3.05, 3.63) is 29.8 Å². The third-order valence-corrected chi connectivity index (χ3v) is 3.27. The van der Waals surface area contributed by atoms with Crippen molar-refractivity contribution in [2.75, 3.05) is 25.2 Å². The van der Waals surface area contributed by atoms with E-state index in [4.69, 9.17) is 15.1 Å². The quantitative estimate of drug-likeness (QED) is 0.864. The minimum absolute atomic E-state index is 0.221. The molecule has 0 amide bonds. The number of hydrogen-bond acceptors (Lipinski definition) is 4. The van der Waals surface area contributed by atoms with Crippen LogP contribution in [0.3, 0.4) is 0 Å².